The number of nitrogens with one attached hydrogen (secondary N) is 1. The Morgan fingerprint density at radius 2 is 2.06 bits per heavy atom. The Kier molecular flexibility index (Phi) is 4.52. The number of hydrogen-bond acceptors (Lipinski definition) is 3. The van der Waals surface area contributed by atoms with Crippen LogP contribution in [0.25, 0.3) is 0 Å². The van der Waals surface area contributed by atoms with E-state index in [-0.39, 0.29) is 18.8 Å². The number of carbonyl (C=O) groups is 1. The van der Waals surface area contributed by atoms with Crippen molar-refractivity contribution >= 4 is 11.7 Å². The molecule has 0 aliphatic heterocycles. The Balaban J connectivity index is 2.77. The molecule has 0 bridgehead atoms. The predicted octanol–water partition coefficient (Wildman–Crippen LogP) is 2.82. The number of halogens is 4. The van der Waals surface area contributed by atoms with Crippen molar-refractivity contribution < 1.29 is 27.1 Å². The summed E-state index contributed by atoms with van der Waals surface area (Å²) in [4.78, 5) is 11.0. The van der Waals surface area contributed by atoms with Crippen LogP contribution in [0.4, 0.5) is 23.2 Å². The molecule has 1 rings (SSSR count). The molecule has 1 aromatic rings. The van der Waals surface area contributed by atoms with Gasteiger partial charge in [0.05, 0.1) is 12.2 Å². The first-order chi connectivity index (χ1) is 8.34. The highest BCUT2D eigenvalue weighted by molar-refractivity contribution is 5.75. The van der Waals surface area contributed by atoms with Crippen molar-refractivity contribution in [2.24, 2.45) is 0 Å². The first kappa shape index (κ1) is 14.3. The fourth-order valence-electron chi connectivity index (χ4n) is 1.24. The molecule has 0 heterocycles. The molecule has 1 aromatic carbocycles. The van der Waals surface area contributed by atoms with Crippen molar-refractivity contribution in [2.45, 2.75) is 13.1 Å². The topological polar surface area (TPSA) is 38.3 Å². The van der Waals surface area contributed by atoms with Crippen LogP contribution in [0.1, 0.15) is 12.5 Å². The van der Waals surface area contributed by atoms with Crippen molar-refractivity contribution in [2.75, 3.05) is 18.5 Å². The van der Waals surface area contributed by atoms with Crippen LogP contribution in [0, 0.1) is 5.82 Å². The summed E-state index contributed by atoms with van der Waals surface area (Å²) >= 11 is 0. The Morgan fingerprint density at radius 3 is 2.61 bits per heavy atom. The Bertz CT molecular complexity index is 432. The van der Waals surface area contributed by atoms with E-state index in [0.717, 1.165) is 6.07 Å². The number of anilines is 1. The summed E-state index contributed by atoms with van der Waals surface area (Å²) in [6.45, 7) is 1.51. The molecule has 0 atom stereocenters. The van der Waals surface area contributed by atoms with E-state index in [2.05, 4.69) is 10.1 Å². The van der Waals surface area contributed by atoms with Gasteiger partial charge in [0.15, 0.2) is 0 Å². The van der Waals surface area contributed by atoms with Crippen LogP contribution < -0.4 is 5.32 Å². The molecular formula is C11H11F4NO2. The summed E-state index contributed by atoms with van der Waals surface area (Å²) in [6, 6.07) is 2.41. The minimum Gasteiger partial charge on any atom is -0.465 e. The van der Waals surface area contributed by atoms with Gasteiger partial charge in [-0.1, -0.05) is 0 Å². The molecule has 0 aliphatic carbocycles. The lowest BCUT2D eigenvalue weighted by Gasteiger charge is -2.11. The molecule has 0 radical (unpaired) electrons. The molecule has 1 N–H and O–H groups in total. The predicted molar refractivity (Wildman–Crippen MR) is 56.5 cm³/mol. The van der Waals surface area contributed by atoms with Gasteiger partial charge < -0.3 is 10.1 Å². The number of hydrogen-bond donors (Lipinski definition) is 1. The van der Waals surface area contributed by atoms with Crippen molar-refractivity contribution in [3.63, 3.8) is 0 Å². The summed E-state index contributed by atoms with van der Waals surface area (Å²) in [5.41, 5.74) is -1.38. The minimum absolute atomic E-state index is 0.00298. The van der Waals surface area contributed by atoms with Gasteiger partial charge in [0.2, 0.25) is 0 Å². The van der Waals surface area contributed by atoms with Crippen molar-refractivity contribution in [3.8, 4) is 0 Å². The van der Waals surface area contributed by atoms with Crippen LogP contribution in [-0.2, 0) is 15.7 Å². The smallest absolute Gasteiger partial charge is 0.419 e. The number of esters is 1. The fourth-order valence-corrected chi connectivity index (χ4v) is 1.24. The van der Waals surface area contributed by atoms with Gasteiger partial charge in [0, 0.05) is 5.69 Å². The molecule has 0 saturated carbocycles. The van der Waals surface area contributed by atoms with Crippen LogP contribution in [0.5, 0.6) is 0 Å². The van der Waals surface area contributed by atoms with Gasteiger partial charge in [-0.05, 0) is 25.1 Å². The van der Waals surface area contributed by atoms with Crippen LogP contribution in [0.2, 0.25) is 0 Å². The molecule has 3 nitrogen and oxygen atoms in total. The van der Waals surface area contributed by atoms with E-state index in [1.165, 1.54) is 0 Å². The molecule has 0 amide bonds. The van der Waals surface area contributed by atoms with Crippen molar-refractivity contribution in [1.29, 1.82) is 0 Å². The summed E-state index contributed by atoms with van der Waals surface area (Å²) in [6.07, 6.45) is -4.77. The molecule has 0 fully saturated rings. The maximum Gasteiger partial charge on any atom is 0.419 e. The molecule has 0 aromatic heterocycles. The second-order valence-electron chi connectivity index (χ2n) is 3.35. The standard InChI is InChI=1S/C11H11F4NO2/c1-2-18-10(17)6-16-7-3-4-9(12)8(5-7)11(13,14)15/h3-5,16H,2,6H2,1H3. The number of carbonyl (C=O) groups excluding carboxylic acids is 1. The number of rotatable bonds is 4. The van der Waals surface area contributed by atoms with Crippen molar-refractivity contribution in [3.05, 3.63) is 29.6 Å². The molecule has 7 heteroatoms. The van der Waals surface area contributed by atoms with Gasteiger partial charge in [-0.2, -0.15) is 13.2 Å². The second kappa shape index (κ2) is 5.70. The highest BCUT2D eigenvalue weighted by Gasteiger charge is 2.34. The third kappa shape index (κ3) is 3.90. The average molecular weight is 265 g/mol. The molecular weight excluding hydrogens is 254 g/mol. The third-order valence-corrected chi connectivity index (χ3v) is 2.01. The summed E-state index contributed by atoms with van der Waals surface area (Å²) in [5, 5.41) is 2.43. The van der Waals surface area contributed by atoms with Crippen LogP contribution in [0.15, 0.2) is 18.2 Å². The lowest BCUT2D eigenvalue weighted by molar-refractivity contribution is -0.141. The summed E-state index contributed by atoms with van der Waals surface area (Å²) in [7, 11) is 0. The van der Waals surface area contributed by atoms with Gasteiger partial charge in [0.1, 0.15) is 12.4 Å². The maximum atomic E-state index is 12.9. The van der Waals surface area contributed by atoms with Crippen LogP contribution in [-0.4, -0.2) is 19.1 Å². The van der Waals surface area contributed by atoms with Crippen LogP contribution in [0.3, 0.4) is 0 Å². The van der Waals surface area contributed by atoms with E-state index in [9.17, 15) is 22.4 Å². The normalized spacial score (nSPS) is 11.2. The zero-order valence-electron chi connectivity index (χ0n) is 9.47. The Labute approximate surface area is 101 Å². The van der Waals surface area contributed by atoms with Gasteiger partial charge in [0.25, 0.3) is 0 Å². The minimum atomic E-state index is -4.77. The lowest BCUT2D eigenvalue weighted by Crippen LogP contribution is -2.17. The van der Waals surface area contributed by atoms with E-state index in [4.69, 9.17) is 0 Å². The highest BCUT2D eigenvalue weighted by atomic mass is 19.4. The first-order valence-electron chi connectivity index (χ1n) is 5.11. The summed E-state index contributed by atoms with van der Waals surface area (Å²) < 4.78 is 54.7. The first-order valence-corrected chi connectivity index (χ1v) is 5.11. The number of benzene rings is 1. The van der Waals surface area contributed by atoms with Gasteiger partial charge in [-0.25, -0.2) is 4.39 Å². The maximum absolute atomic E-state index is 12.9. The third-order valence-electron chi connectivity index (χ3n) is 2.01. The van der Waals surface area contributed by atoms with Gasteiger partial charge in [-0.15, -0.1) is 0 Å². The molecule has 0 aliphatic rings. The monoisotopic (exact) mass is 265 g/mol. The lowest BCUT2D eigenvalue weighted by atomic mass is 10.2. The van der Waals surface area contributed by atoms with E-state index >= 15 is 0 Å². The molecule has 18 heavy (non-hydrogen) atoms. The largest absolute Gasteiger partial charge is 0.465 e. The highest BCUT2D eigenvalue weighted by Crippen LogP contribution is 2.32. The van der Waals surface area contributed by atoms with Crippen molar-refractivity contribution in [1.82, 2.24) is 0 Å². The van der Waals surface area contributed by atoms with E-state index in [1.807, 2.05) is 0 Å². The second-order valence-corrected chi connectivity index (χ2v) is 3.35. The quantitative estimate of drug-likeness (QED) is 0.672. The van der Waals surface area contributed by atoms with Crippen LogP contribution >= 0.6 is 0 Å². The SMILES string of the molecule is CCOC(=O)CNc1ccc(F)c(C(F)(F)F)c1. The Morgan fingerprint density at radius 1 is 1.39 bits per heavy atom. The summed E-state index contributed by atoms with van der Waals surface area (Å²) in [5.74, 6) is -1.96. The number of ether oxygens (including phenoxy) is 1. The molecule has 0 spiro atoms. The van der Waals surface area contributed by atoms with Gasteiger partial charge >= 0.3 is 12.1 Å². The molecule has 100 valence electrons. The molecule has 0 saturated heterocycles. The average Bonchev–Trinajstić information content (AvgIpc) is 2.27. The zero-order valence-corrected chi connectivity index (χ0v) is 9.47. The molecule has 0 unspecified atom stereocenters. The van der Waals surface area contributed by atoms with E-state index in [0.29, 0.717) is 12.1 Å². The fraction of sp³-hybridized carbons (Fsp3) is 0.364. The number of alkyl halides is 3. The van der Waals surface area contributed by atoms with E-state index in [1.54, 1.807) is 6.92 Å². The van der Waals surface area contributed by atoms with E-state index < -0.39 is 23.5 Å². The Hall–Kier alpha value is -1.79. The van der Waals surface area contributed by atoms with Gasteiger partial charge in [-0.3, -0.25) is 4.79 Å². The zero-order chi connectivity index (χ0) is 13.8.